The van der Waals surface area contributed by atoms with Crippen LogP contribution in [0, 0.1) is 6.92 Å². The number of hydrogen-bond acceptors (Lipinski definition) is 3. The van der Waals surface area contributed by atoms with E-state index >= 15 is 0 Å². The molecule has 0 amide bonds. The van der Waals surface area contributed by atoms with Crippen molar-refractivity contribution in [3.8, 4) is 0 Å². The SMILES string of the molecule is CNCC(=Cc1cc(C)cc(C(F)(F)F)c1)B1OC(C)(C)C(C)(C)O1. The molecule has 1 heterocycles. The van der Waals surface area contributed by atoms with Gasteiger partial charge in [0.2, 0.25) is 0 Å². The lowest BCUT2D eigenvalue weighted by atomic mass is 9.77. The van der Waals surface area contributed by atoms with Crippen LogP contribution in [0.4, 0.5) is 13.2 Å². The second-order valence-electron chi connectivity index (χ2n) is 7.47. The summed E-state index contributed by atoms with van der Waals surface area (Å²) in [5.41, 5.74) is 0.116. The summed E-state index contributed by atoms with van der Waals surface area (Å²) in [6, 6.07) is 4.01. The Morgan fingerprint density at radius 2 is 1.68 bits per heavy atom. The van der Waals surface area contributed by atoms with E-state index in [1.165, 1.54) is 0 Å². The quantitative estimate of drug-likeness (QED) is 0.820. The normalized spacial score (nSPS) is 20.2. The Morgan fingerprint density at radius 3 is 2.16 bits per heavy atom. The van der Waals surface area contributed by atoms with Crippen molar-refractivity contribution in [2.75, 3.05) is 13.6 Å². The Labute approximate surface area is 147 Å². The third-order valence-corrected chi connectivity index (χ3v) is 4.72. The van der Waals surface area contributed by atoms with E-state index in [0.717, 1.165) is 17.6 Å². The molecule has 138 valence electrons. The number of rotatable bonds is 4. The van der Waals surface area contributed by atoms with Crippen LogP contribution >= 0.6 is 0 Å². The summed E-state index contributed by atoms with van der Waals surface area (Å²) in [6.45, 7) is 9.87. The van der Waals surface area contributed by atoms with Gasteiger partial charge in [-0.05, 0) is 70.4 Å². The third kappa shape index (κ3) is 4.46. The Kier molecular flexibility index (Phi) is 5.43. The average Bonchev–Trinajstić information content (AvgIpc) is 2.65. The summed E-state index contributed by atoms with van der Waals surface area (Å²) in [5, 5.41) is 3.03. The van der Waals surface area contributed by atoms with Crippen molar-refractivity contribution < 1.29 is 22.5 Å². The van der Waals surface area contributed by atoms with Gasteiger partial charge in [-0.1, -0.05) is 12.1 Å². The molecule has 1 fully saturated rings. The van der Waals surface area contributed by atoms with Crippen LogP contribution in [0.3, 0.4) is 0 Å². The molecule has 1 aliphatic rings. The summed E-state index contributed by atoms with van der Waals surface area (Å²) in [6.07, 6.45) is -2.66. The third-order valence-electron chi connectivity index (χ3n) is 4.72. The van der Waals surface area contributed by atoms with Crippen LogP contribution in [0.5, 0.6) is 0 Å². The highest BCUT2D eigenvalue weighted by Gasteiger charge is 2.52. The van der Waals surface area contributed by atoms with Gasteiger partial charge < -0.3 is 14.6 Å². The minimum atomic E-state index is -4.37. The molecule has 0 bridgehead atoms. The molecule has 1 aliphatic heterocycles. The lowest BCUT2D eigenvalue weighted by Crippen LogP contribution is -2.41. The van der Waals surface area contributed by atoms with E-state index in [2.05, 4.69) is 5.32 Å². The van der Waals surface area contributed by atoms with Crippen molar-refractivity contribution >= 4 is 13.2 Å². The number of likely N-dealkylation sites (N-methyl/N-ethyl adjacent to an activating group) is 1. The molecular formula is C18H25BF3NO2. The topological polar surface area (TPSA) is 30.5 Å². The first-order valence-corrected chi connectivity index (χ1v) is 8.25. The second-order valence-corrected chi connectivity index (χ2v) is 7.47. The minimum absolute atomic E-state index is 0.451. The average molecular weight is 355 g/mol. The maximum Gasteiger partial charge on any atom is 0.491 e. The zero-order valence-corrected chi connectivity index (χ0v) is 15.5. The van der Waals surface area contributed by atoms with Crippen molar-refractivity contribution in [1.82, 2.24) is 5.32 Å². The molecule has 0 atom stereocenters. The van der Waals surface area contributed by atoms with Crippen molar-refractivity contribution in [2.45, 2.75) is 52.0 Å². The van der Waals surface area contributed by atoms with Crippen LogP contribution < -0.4 is 5.32 Å². The number of aryl methyl sites for hydroxylation is 1. The maximum absolute atomic E-state index is 13.1. The zero-order chi connectivity index (χ0) is 19.0. The molecule has 1 aromatic rings. The number of hydrogen-bond donors (Lipinski definition) is 1. The second kappa shape index (κ2) is 6.78. The first kappa shape index (κ1) is 20.0. The summed E-state index contributed by atoms with van der Waals surface area (Å²) < 4.78 is 51.2. The van der Waals surface area contributed by atoms with Crippen LogP contribution in [0.2, 0.25) is 0 Å². The van der Waals surface area contributed by atoms with Crippen molar-refractivity contribution in [3.63, 3.8) is 0 Å². The molecule has 25 heavy (non-hydrogen) atoms. The fourth-order valence-corrected chi connectivity index (χ4v) is 2.67. The summed E-state index contributed by atoms with van der Waals surface area (Å²) in [7, 11) is 1.17. The van der Waals surface area contributed by atoms with Gasteiger partial charge in [-0.2, -0.15) is 13.2 Å². The van der Waals surface area contributed by atoms with Gasteiger partial charge in [-0.3, -0.25) is 0 Å². The van der Waals surface area contributed by atoms with Crippen molar-refractivity contribution in [3.05, 3.63) is 40.4 Å². The molecule has 7 heteroatoms. The van der Waals surface area contributed by atoms with Crippen molar-refractivity contribution in [2.24, 2.45) is 0 Å². The molecule has 0 unspecified atom stereocenters. The van der Waals surface area contributed by atoms with E-state index in [1.54, 1.807) is 26.1 Å². The lowest BCUT2D eigenvalue weighted by Gasteiger charge is -2.32. The number of benzene rings is 1. The first-order valence-electron chi connectivity index (χ1n) is 8.25. The molecule has 3 nitrogen and oxygen atoms in total. The molecule has 1 aromatic carbocycles. The molecule has 0 aromatic heterocycles. The van der Waals surface area contributed by atoms with Crippen LogP contribution in [-0.4, -0.2) is 31.9 Å². The molecule has 0 aliphatic carbocycles. The summed E-state index contributed by atoms with van der Waals surface area (Å²) >= 11 is 0. The fraction of sp³-hybridized carbons (Fsp3) is 0.556. The number of halogens is 3. The van der Waals surface area contributed by atoms with Crippen LogP contribution in [0.15, 0.2) is 23.7 Å². The van der Waals surface area contributed by atoms with Gasteiger partial charge in [0.1, 0.15) is 0 Å². The van der Waals surface area contributed by atoms with E-state index in [1.807, 2.05) is 27.7 Å². The predicted molar refractivity (Wildman–Crippen MR) is 94.2 cm³/mol. The van der Waals surface area contributed by atoms with Crippen molar-refractivity contribution in [1.29, 1.82) is 0 Å². The molecule has 2 rings (SSSR count). The van der Waals surface area contributed by atoms with Gasteiger partial charge in [-0.25, -0.2) is 0 Å². The Bertz CT molecular complexity index is 653. The Hall–Kier alpha value is -1.31. The number of nitrogens with one attached hydrogen (secondary N) is 1. The predicted octanol–water partition coefficient (Wildman–Crippen LogP) is 4.25. The highest BCUT2D eigenvalue weighted by atomic mass is 19.4. The minimum Gasteiger partial charge on any atom is -0.400 e. The van der Waals surface area contributed by atoms with Gasteiger partial charge in [0.25, 0.3) is 0 Å². The monoisotopic (exact) mass is 355 g/mol. The molecular weight excluding hydrogens is 330 g/mol. The van der Waals surface area contributed by atoms with Gasteiger partial charge in [-0.15, -0.1) is 0 Å². The lowest BCUT2D eigenvalue weighted by molar-refractivity contribution is -0.137. The van der Waals surface area contributed by atoms with Crippen LogP contribution in [0.1, 0.15) is 44.4 Å². The van der Waals surface area contributed by atoms with E-state index in [0.29, 0.717) is 17.7 Å². The first-order chi connectivity index (χ1) is 11.4. The highest BCUT2D eigenvalue weighted by Crippen LogP contribution is 2.39. The van der Waals surface area contributed by atoms with E-state index in [-0.39, 0.29) is 0 Å². The van der Waals surface area contributed by atoms with Gasteiger partial charge >= 0.3 is 13.3 Å². The number of alkyl halides is 3. The van der Waals surface area contributed by atoms with E-state index in [9.17, 15) is 13.2 Å². The molecule has 0 saturated carbocycles. The summed E-state index contributed by atoms with van der Waals surface area (Å²) in [5.74, 6) is 0. The van der Waals surface area contributed by atoms with Crippen LogP contribution in [-0.2, 0) is 15.5 Å². The molecule has 1 N–H and O–H groups in total. The standard InChI is InChI=1S/C18H25BF3NO2/c1-12-7-13(9-14(8-12)18(20,21)22)10-15(11-23-6)19-24-16(2,3)17(4,5)25-19/h7-10,23H,11H2,1-6H3. The van der Waals surface area contributed by atoms with Gasteiger partial charge in [0, 0.05) is 6.54 Å². The fourth-order valence-electron chi connectivity index (χ4n) is 2.67. The van der Waals surface area contributed by atoms with E-state index in [4.69, 9.17) is 9.31 Å². The van der Waals surface area contributed by atoms with Gasteiger partial charge in [0.05, 0.1) is 16.8 Å². The Balaban J connectivity index is 2.40. The zero-order valence-electron chi connectivity index (χ0n) is 15.5. The molecule has 0 radical (unpaired) electrons. The van der Waals surface area contributed by atoms with E-state index < -0.39 is 30.1 Å². The van der Waals surface area contributed by atoms with Crippen LogP contribution in [0.25, 0.3) is 6.08 Å². The highest BCUT2D eigenvalue weighted by molar-refractivity contribution is 6.55. The maximum atomic E-state index is 13.1. The smallest absolute Gasteiger partial charge is 0.400 e. The Morgan fingerprint density at radius 1 is 1.12 bits per heavy atom. The largest absolute Gasteiger partial charge is 0.491 e. The van der Waals surface area contributed by atoms with Gasteiger partial charge in [0.15, 0.2) is 0 Å². The molecule has 1 saturated heterocycles. The summed E-state index contributed by atoms with van der Waals surface area (Å²) in [4.78, 5) is 0. The molecule has 0 spiro atoms.